The lowest BCUT2D eigenvalue weighted by molar-refractivity contribution is 0.00578. The van der Waals surface area contributed by atoms with Crippen LogP contribution in [0, 0.1) is 3.57 Å². The number of nitrogens with zero attached hydrogens (tertiary/aromatic N) is 2. The predicted octanol–water partition coefficient (Wildman–Crippen LogP) is 18.7. The number of rotatable bonds is 6. The molecule has 1 aliphatic rings. The molecule has 13 rings (SSSR count). The van der Waals surface area contributed by atoms with Crippen molar-refractivity contribution in [1.82, 2.24) is 9.13 Å². The molecule has 8 heteroatoms. The van der Waals surface area contributed by atoms with E-state index >= 15 is 0 Å². The highest BCUT2D eigenvalue weighted by Crippen LogP contribution is 2.39. The SMILES string of the molecule is Brc1ccc(-c2ccc(-c3ccc4c(c3)c3ccccc3n4-c3ccccc3)cc2)cc1.Brc1ccc(-c2ccc(I)cc2)cc1.CC1(C)OB(c2ccc3c(c2)c2ccccc2n3-c2ccccc2)OC1(C)C. The summed E-state index contributed by atoms with van der Waals surface area (Å²) in [7, 11) is -0.353. The van der Waals surface area contributed by atoms with Gasteiger partial charge in [-0.05, 0) is 180 Å². The highest BCUT2D eigenvalue weighted by Gasteiger charge is 2.51. The minimum Gasteiger partial charge on any atom is -0.399 e. The number of halogens is 3. The van der Waals surface area contributed by atoms with E-state index in [1.165, 1.54) is 86.2 Å². The van der Waals surface area contributed by atoms with Gasteiger partial charge in [0.2, 0.25) is 0 Å². The molecule has 0 atom stereocenters. The molecule has 1 fully saturated rings. The van der Waals surface area contributed by atoms with E-state index in [1.807, 2.05) is 6.07 Å². The first kappa shape index (κ1) is 49.7. The predicted molar refractivity (Wildman–Crippen MR) is 328 cm³/mol. The number of para-hydroxylation sites is 4. The lowest BCUT2D eigenvalue weighted by atomic mass is 9.78. The Kier molecular flexibility index (Phi) is 14.1. The molecular weight excluding hydrogens is 1150 g/mol. The van der Waals surface area contributed by atoms with Crippen molar-refractivity contribution in [2.45, 2.75) is 38.9 Å². The molecule has 3 heterocycles. The van der Waals surface area contributed by atoms with E-state index in [2.05, 4.69) is 328 Å². The lowest BCUT2D eigenvalue weighted by Crippen LogP contribution is -2.41. The van der Waals surface area contributed by atoms with Crippen LogP contribution in [-0.2, 0) is 9.31 Å². The number of hydrogen-bond acceptors (Lipinski definition) is 2. The maximum Gasteiger partial charge on any atom is 0.494 e. The third-order valence-electron chi connectivity index (χ3n) is 14.3. The third-order valence-corrected chi connectivity index (χ3v) is 16.1. The first-order chi connectivity index (χ1) is 35.9. The second-order valence-corrected chi connectivity index (χ2v) is 22.6. The summed E-state index contributed by atoms with van der Waals surface area (Å²) in [5.74, 6) is 0. The largest absolute Gasteiger partial charge is 0.494 e. The van der Waals surface area contributed by atoms with Gasteiger partial charge in [-0.25, -0.2) is 0 Å². The summed E-state index contributed by atoms with van der Waals surface area (Å²) in [6, 6.07) is 85.8. The first-order valence-electron chi connectivity index (χ1n) is 24.8. The lowest BCUT2D eigenvalue weighted by Gasteiger charge is -2.32. The summed E-state index contributed by atoms with van der Waals surface area (Å²) in [5, 5.41) is 5.00. The van der Waals surface area contributed by atoms with E-state index in [4.69, 9.17) is 9.31 Å². The molecular formula is C66H52BBr2IN2O2. The molecule has 1 saturated heterocycles. The third kappa shape index (κ3) is 10.1. The van der Waals surface area contributed by atoms with Crippen molar-refractivity contribution < 1.29 is 9.31 Å². The van der Waals surface area contributed by atoms with Gasteiger partial charge in [0.15, 0.2) is 0 Å². The Hall–Kier alpha value is -6.53. The van der Waals surface area contributed by atoms with E-state index in [9.17, 15) is 0 Å². The zero-order valence-corrected chi connectivity index (χ0v) is 46.8. The molecule has 0 bridgehead atoms. The van der Waals surface area contributed by atoms with Crippen LogP contribution in [0.3, 0.4) is 0 Å². The summed E-state index contributed by atoms with van der Waals surface area (Å²) < 4.78 is 20.7. The monoisotopic (exact) mass is 1200 g/mol. The Morgan fingerprint density at radius 2 is 0.689 bits per heavy atom. The average Bonchev–Trinajstić information content (AvgIpc) is 4.03. The van der Waals surface area contributed by atoms with Gasteiger partial charge in [-0.3, -0.25) is 0 Å². The molecule has 0 spiro atoms. The summed E-state index contributed by atoms with van der Waals surface area (Å²) in [6.07, 6.45) is 0. The molecule has 0 unspecified atom stereocenters. The van der Waals surface area contributed by atoms with Gasteiger partial charge in [0.25, 0.3) is 0 Å². The van der Waals surface area contributed by atoms with Gasteiger partial charge in [0, 0.05) is 45.4 Å². The van der Waals surface area contributed by atoms with Crippen molar-refractivity contribution in [2.75, 3.05) is 0 Å². The van der Waals surface area contributed by atoms with Crippen LogP contribution in [0.15, 0.2) is 252 Å². The molecule has 0 saturated carbocycles. The van der Waals surface area contributed by atoms with Crippen LogP contribution in [0.25, 0.3) is 88.4 Å². The summed E-state index contributed by atoms with van der Waals surface area (Å²) in [4.78, 5) is 0. The Labute approximate surface area is 464 Å². The Bertz CT molecular complexity index is 3850. The quantitative estimate of drug-likeness (QED) is 0.123. The molecule has 0 radical (unpaired) electrons. The minimum atomic E-state index is -0.353. The molecule has 0 N–H and O–H groups in total. The second-order valence-electron chi connectivity index (χ2n) is 19.6. The van der Waals surface area contributed by atoms with E-state index in [1.54, 1.807) is 0 Å². The van der Waals surface area contributed by atoms with Crippen molar-refractivity contribution in [2.24, 2.45) is 0 Å². The number of hydrogen-bond donors (Lipinski definition) is 0. The topological polar surface area (TPSA) is 28.3 Å². The van der Waals surface area contributed by atoms with E-state index in [0.717, 1.165) is 20.1 Å². The fourth-order valence-corrected chi connectivity index (χ4v) is 10.6. The van der Waals surface area contributed by atoms with Crippen LogP contribution < -0.4 is 5.46 Å². The molecule has 10 aromatic carbocycles. The van der Waals surface area contributed by atoms with Gasteiger partial charge in [0.05, 0.1) is 33.3 Å². The number of fused-ring (bicyclic) bond motifs is 6. The minimum absolute atomic E-state index is 0.343. The van der Waals surface area contributed by atoms with Crippen molar-refractivity contribution in [3.05, 3.63) is 255 Å². The van der Waals surface area contributed by atoms with Crippen LogP contribution in [0.2, 0.25) is 0 Å². The molecule has 362 valence electrons. The number of benzene rings is 10. The van der Waals surface area contributed by atoms with Gasteiger partial charge in [0.1, 0.15) is 0 Å². The fraction of sp³-hybridized carbons (Fsp3) is 0.0909. The average molecular weight is 1200 g/mol. The van der Waals surface area contributed by atoms with Gasteiger partial charge < -0.3 is 18.4 Å². The molecule has 2 aromatic heterocycles. The highest BCUT2D eigenvalue weighted by molar-refractivity contribution is 14.1. The summed E-state index contributed by atoms with van der Waals surface area (Å²) >= 11 is 9.25. The smallest absolute Gasteiger partial charge is 0.399 e. The fourth-order valence-electron chi connectivity index (χ4n) is 9.76. The van der Waals surface area contributed by atoms with Gasteiger partial charge in [-0.1, -0.05) is 184 Å². The zero-order chi connectivity index (χ0) is 51.0. The molecule has 74 heavy (non-hydrogen) atoms. The van der Waals surface area contributed by atoms with Gasteiger partial charge in [-0.15, -0.1) is 0 Å². The maximum absolute atomic E-state index is 6.27. The van der Waals surface area contributed by atoms with Crippen molar-refractivity contribution in [1.29, 1.82) is 0 Å². The highest BCUT2D eigenvalue weighted by atomic mass is 127. The normalized spacial score (nSPS) is 13.7. The molecule has 1 aliphatic heterocycles. The first-order valence-corrected chi connectivity index (χ1v) is 27.5. The second kappa shape index (κ2) is 21.0. The van der Waals surface area contributed by atoms with E-state index in [0.29, 0.717) is 0 Å². The van der Waals surface area contributed by atoms with Crippen LogP contribution in [0.1, 0.15) is 27.7 Å². The maximum atomic E-state index is 6.27. The zero-order valence-electron chi connectivity index (χ0n) is 41.5. The van der Waals surface area contributed by atoms with Crippen molar-refractivity contribution in [3.8, 4) is 44.8 Å². The summed E-state index contributed by atoms with van der Waals surface area (Å²) in [5.41, 5.74) is 15.0. The van der Waals surface area contributed by atoms with Gasteiger partial charge in [-0.2, -0.15) is 0 Å². The number of aromatic nitrogens is 2. The van der Waals surface area contributed by atoms with Crippen LogP contribution in [0.5, 0.6) is 0 Å². The molecule has 0 aliphatic carbocycles. The van der Waals surface area contributed by atoms with Crippen LogP contribution in [-0.4, -0.2) is 27.5 Å². The summed E-state index contributed by atoms with van der Waals surface area (Å²) in [6.45, 7) is 8.36. The van der Waals surface area contributed by atoms with Gasteiger partial charge >= 0.3 is 7.12 Å². The molecule has 12 aromatic rings. The van der Waals surface area contributed by atoms with Crippen LogP contribution in [0.4, 0.5) is 0 Å². The Morgan fingerprint density at radius 1 is 0.351 bits per heavy atom. The molecule has 4 nitrogen and oxygen atoms in total. The molecule has 0 amide bonds. The van der Waals surface area contributed by atoms with Crippen molar-refractivity contribution in [3.63, 3.8) is 0 Å². The Morgan fingerprint density at radius 3 is 1.15 bits per heavy atom. The van der Waals surface area contributed by atoms with Crippen LogP contribution >= 0.6 is 54.5 Å². The van der Waals surface area contributed by atoms with E-state index < -0.39 is 0 Å². The van der Waals surface area contributed by atoms with Crippen molar-refractivity contribution >= 4 is 111 Å². The van der Waals surface area contributed by atoms with E-state index in [-0.39, 0.29) is 18.3 Å². The Balaban J connectivity index is 0.000000128. The standard InChI is InChI=1S/C30H20BrN.C24H24BNO2.C12H8BrI/c31-25-17-14-22(15-18-25)21-10-12-23(13-11-21)24-16-19-30-28(20-24)27-8-4-5-9-29(27)32(30)26-6-2-1-3-7-26;1-23(2)24(3,4)28-25(27-23)17-14-15-22-20(16-17)19-12-8-9-13-21(19)26(22)18-10-6-5-7-11-18;13-11-5-1-9(2-6-11)10-3-7-12(14)8-4-10/h1-20H;5-16H,1-4H3;1-8H.